The molecule has 0 saturated heterocycles. The van der Waals surface area contributed by atoms with Crippen molar-refractivity contribution in [1.29, 1.82) is 0 Å². The Bertz CT molecular complexity index is 1190. The first kappa shape index (κ1) is 28.8. The van der Waals surface area contributed by atoms with Gasteiger partial charge in [0.15, 0.2) is 17.3 Å². The minimum absolute atomic E-state index is 0.134. The maximum Gasteiger partial charge on any atom is 0.238 e. The first-order valence-electron chi connectivity index (χ1n) is 11.7. The zero-order valence-corrected chi connectivity index (χ0v) is 20.3. The molecule has 0 radical (unpaired) electrons. The van der Waals surface area contributed by atoms with Crippen LogP contribution in [0.15, 0.2) is 39.5 Å². The normalized spacial score (nSPS) is 12.7. The van der Waals surface area contributed by atoms with Crippen molar-refractivity contribution in [2.75, 3.05) is 19.8 Å². The first-order chi connectivity index (χ1) is 17.1. The summed E-state index contributed by atoms with van der Waals surface area (Å²) >= 11 is 0. The molecule has 7 N–H and O–H groups in total. The number of unbranched alkanes of at least 4 members (excludes halogenated alkanes) is 1. The van der Waals surface area contributed by atoms with Crippen LogP contribution in [0.5, 0.6) is 28.7 Å². The smallest absolute Gasteiger partial charge is 0.238 e. The summed E-state index contributed by atoms with van der Waals surface area (Å²) < 4.78 is 10.7. The molecule has 0 amide bonds. The molecule has 0 aliphatic rings. The van der Waals surface area contributed by atoms with Crippen molar-refractivity contribution >= 4 is 11.0 Å². The van der Waals surface area contributed by atoms with Crippen molar-refractivity contribution in [2.45, 2.75) is 45.6 Å². The van der Waals surface area contributed by atoms with Gasteiger partial charge in [0.05, 0.1) is 13.2 Å². The van der Waals surface area contributed by atoms with Gasteiger partial charge in [0, 0.05) is 24.3 Å². The number of ether oxygens (including phenoxy) is 1. The second-order valence-electron chi connectivity index (χ2n) is 8.44. The SMILES string of the molecule is CCCCC(CC)COCC(O)CO.O=c1c(O)c(-c2ccc(O)c(O)c2)oc2cc(O)cc(O)c12. The molecule has 0 fully saturated rings. The molecular formula is C26H34O10. The second-order valence-corrected chi connectivity index (χ2v) is 8.44. The van der Waals surface area contributed by atoms with Gasteiger partial charge in [-0.3, -0.25) is 4.79 Å². The van der Waals surface area contributed by atoms with Crippen molar-refractivity contribution in [3.8, 4) is 40.1 Å². The van der Waals surface area contributed by atoms with E-state index in [-0.39, 0.29) is 47.0 Å². The van der Waals surface area contributed by atoms with Gasteiger partial charge in [-0.25, -0.2) is 0 Å². The molecule has 0 aliphatic heterocycles. The number of rotatable bonds is 10. The van der Waals surface area contributed by atoms with Crippen LogP contribution in [0.1, 0.15) is 39.5 Å². The Morgan fingerprint density at radius 3 is 2.28 bits per heavy atom. The highest BCUT2D eigenvalue weighted by atomic mass is 16.5. The van der Waals surface area contributed by atoms with Gasteiger partial charge in [-0.15, -0.1) is 0 Å². The maximum atomic E-state index is 12.1. The van der Waals surface area contributed by atoms with E-state index in [9.17, 15) is 30.3 Å². The number of phenols is 4. The Labute approximate surface area is 208 Å². The Morgan fingerprint density at radius 2 is 1.67 bits per heavy atom. The van der Waals surface area contributed by atoms with Crippen LogP contribution in [0.25, 0.3) is 22.3 Å². The molecule has 3 rings (SSSR count). The predicted molar refractivity (Wildman–Crippen MR) is 133 cm³/mol. The van der Waals surface area contributed by atoms with Crippen LogP contribution in [-0.4, -0.2) is 61.7 Å². The highest BCUT2D eigenvalue weighted by Crippen LogP contribution is 2.37. The number of benzene rings is 2. The fourth-order valence-electron chi connectivity index (χ4n) is 3.46. The number of hydrogen-bond donors (Lipinski definition) is 7. The fraction of sp³-hybridized carbons (Fsp3) is 0.423. The van der Waals surface area contributed by atoms with Crippen molar-refractivity contribution in [3.05, 3.63) is 40.6 Å². The summed E-state index contributed by atoms with van der Waals surface area (Å²) in [6, 6.07) is 5.64. The third-order valence-corrected chi connectivity index (χ3v) is 5.59. The van der Waals surface area contributed by atoms with E-state index in [1.54, 1.807) is 0 Å². The van der Waals surface area contributed by atoms with Gasteiger partial charge in [0.25, 0.3) is 0 Å². The number of hydrogen-bond acceptors (Lipinski definition) is 10. The van der Waals surface area contributed by atoms with Crippen LogP contribution in [-0.2, 0) is 4.74 Å². The van der Waals surface area contributed by atoms with Gasteiger partial charge >= 0.3 is 0 Å². The largest absolute Gasteiger partial charge is 0.508 e. The molecule has 2 unspecified atom stereocenters. The molecule has 36 heavy (non-hydrogen) atoms. The Balaban J connectivity index is 0.000000284. The van der Waals surface area contributed by atoms with E-state index in [2.05, 4.69) is 13.8 Å². The van der Waals surface area contributed by atoms with Gasteiger partial charge in [0.1, 0.15) is 28.6 Å². The van der Waals surface area contributed by atoms with E-state index in [0.717, 1.165) is 30.7 Å². The molecule has 0 bridgehead atoms. The average Bonchev–Trinajstić information content (AvgIpc) is 2.85. The summed E-state index contributed by atoms with van der Waals surface area (Å²) in [6.07, 6.45) is 4.05. The topological polar surface area (TPSA) is 181 Å². The third kappa shape index (κ3) is 7.51. The van der Waals surface area contributed by atoms with Crippen molar-refractivity contribution in [2.24, 2.45) is 5.92 Å². The van der Waals surface area contributed by atoms with Crippen molar-refractivity contribution < 1.29 is 44.9 Å². The van der Waals surface area contributed by atoms with Gasteiger partial charge in [-0.05, 0) is 30.5 Å². The van der Waals surface area contributed by atoms with Gasteiger partial charge in [-0.2, -0.15) is 0 Å². The molecule has 0 saturated carbocycles. The van der Waals surface area contributed by atoms with Crippen LogP contribution >= 0.6 is 0 Å². The van der Waals surface area contributed by atoms with E-state index in [1.165, 1.54) is 25.3 Å². The maximum absolute atomic E-state index is 12.1. The van der Waals surface area contributed by atoms with Crippen molar-refractivity contribution in [3.63, 3.8) is 0 Å². The van der Waals surface area contributed by atoms with Crippen LogP contribution in [0.4, 0.5) is 0 Å². The molecule has 2 atom stereocenters. The van der Waals surface area contributed by atoms with Gasteiger partial charge in [-0.1, -0.05) is 33.1 Å². The lowest BCUT2D eigenvalue weighted by atomic mass is 10.0. The van der Waals surface area contributed by atoms with E-state index < -0.39 is 28.8 Å². The molecule has 198 valence electrons. The van der Waals surface area contributed by atoms with Crippen molar-refractivity contribution in [1.82, 2.24) is 0 Å². The number of phenolic OH excluding ortho intramolecular Hbond substituents is 4. The molecule has 0 aliphatic carbocycles. The number of aliphatic hydroxyl groups is 2. The predicted octanol–water partition coefficient (Wildman–Crippen LogP) is 3.56. The minimum Gasteiger partial charge on any atom is -0.508 e. The molecule has 3 aromatic rings. The highest BCUT2D eigenvalue weighted by molar-refractivity contribution is 5.88. The number of aromatic hydroxyl groups is 5. The fourth-order valence-corrected chi connectivity index (χ4v) is 3.46. The molecule has 2 aromatic carbocycles. The second kappa shape index (κ2) is 13.6. The first-order valence-corrected chi connectivity index (χ1v) is 11.7. The third-order valence-electron chi connectivity index (χ3n) is 5.59. The van der Waals surface area contributed by atoms with E-state index >= 15 is 0 Å². The quantitative estimate of drug-likeness (QED) is 0.201. The molecule has 1 heterocycles. The zero-order valence-electron chi connectivity index (χ0n) is 20.3. The summed E-state index contributed by atoms with van der Waals surface area (Å²) in [7, 11) is 0. The Kier molecular flexibility index (Phi) is 10.8. The Hall–Kier alpha value is -3.47. The lowest BCUT2D eigenvalue weighted by molar-refractivity contribution is -0.00599. The Morgan fingerprint density at radius 1 is 0.944 bits per heavy atom. The van der Waals surface area contributed by atoms with E-state index in [4.69, 9.17) is 19.4 Å². The van der Waals surface area contributed by atoms with Crippen LogP contribution in [0, 0.1) is 5.92 Å². The summed E-state index contributed by atoms with van der Waals surface area (Å²) in [6.45, 7) is 5.08. The summed E-state index contributed by atoms with van der Waals surface area (Å²) in [5, 5.41) is 65.2. The van der Waals surface area contributed by atoms with Crippen LogP contribution in [0.2, 0.25) is 0 Å². The standard InChI is InChI=1S/C15H10O7.C11H24O3/c16-7-4-10(19)12-11(5-7)22-15(14(21)13(12)20)6-1-2-8(17)9(18)3-6;1-3-5-6-10(4-2)8-14-9-11(13)7-12/h1-5,16-19,21H;10-13H,3-9H2,1-2H3. The minimum atomic E-state index is -0.888. The lowest BCUT2D eigenvalue weighted by Crippen LogP contribution is -2.21. The molecular weight excluding hydrogens is 472 g/mol. The molecule has 0 spiro atoms. The summed E-state index contributed by atoms with van der Waals surface area (Å²) in [5.41, 5.74) is -0.890. The van der Waals surface area contributed by atoms with Gasteiger partial charge < -0.3 is 44.9 Å². The monoisotopic (exact) mass is 506 g/mol. The van der Waals surface area contributed by atoms with Crippen LogP contribution in [0.3, 0.4) is 0 Å². The highest BCUT2D eigenvalue weighted by Gasteiger charge is 2.19. The van der Waals surface area contributed by atoms with E-state index in [0.29, 0.717) is 12.5 Å². The molecule has 10 heteroatoms. The molecule has 1 aromatic heterocycles. The average molecular weight is 507 g/mol. The molecule has 10 nitrogen and oxygen atoms in total. The summed E-state index contributed by atoms with van der Waals surface area (Å²) in [5.74, 6) is -2.12. The van der Waals surface area contributed by atoms with Crippen LogP contribution < -0.4 is 5.43 Å². The number of fused-ring (bicyclic) bond motifs is 1. The summed E-state index contributed by atoms with van der Waals surface area (Å²) in [4.78, 5) is 12.1. The zero-order chi connectivity index (χ0) is 26.8. The lowest BCUT2D eigenvalue weighted by Gasteiger charge is -2.15. The van der Waals surface area contributed by atoms with Gasteiger partial charge in [0.2, 0.25) is 11.2 Å². The number of aliphatic hydroxyl groups excluding tert-OH is 2. The van der Waals surface area contributed by atoms with E-state index in [1.807, 2.05) is 0 Å².